The minimum Gasteiger partial charge on any atom is -0.505 e. The van der Waals surface area contributed by atoms with Crippen molar-refractivity contribution in [1.29, 1.82) is 0 Å². The van der Waals surface area contributed by atoms with Gasteiger partial charge in [-0.2, -0.15) is 0 Å². The first-order chi connectivity index (χ1) is 9.99. The number of amides is 1. The minimum atomic E-state index is -0.996. The first kappa shape index (κ1) is 14.5. The van der Waals surface area contributed by atoms with Gasteiger partial charge in [-0.1, -0.05) is 12.1 Å². The lowest BCUT2D eigenvalue weighted by molar-refractivity contribution is 0.0695. The van der Waals surface area contributed by atoms with Gasteiger partial charge in [0.15, 0.2) is 5.69 Å². The van der Waals surface area contributed by atoms with Crippen LogP contribution in [0.3, 0.4) is 0 Å². The summed E-state index contributed by atoms with van der Waals surface area (Å²) >= 11 is 0. The lowest BCUT2D eigenvalue weighted by atomic mass is 10.1. The number of hydrogen-bond acceptors (Lipinski definition) is 4. The fourth-order valence-corrected chi connectivity index (χ4v) is 1.84. The summed E-state index contributed by atoms with van der Waals surface area (Å²) in [4.78, 5) is 28.2. The van der Waals surface area contributed by atoms with Crippen LogP contribution in [0.4, 0.5) is 0 Å². The average molecular weight is 286 g/mol. The predicted octanol–water partition coefficient (Wildman–Crippen LogP) is 1.76. The molecular weight excluding hydrogens is 272 g/mol. The summed E-state index contributed by atoms with van der Waals surface area (Å²) in [6.07, 6.45) is 1.43. The van der Waals surface area contributed by atoms with Crippen LogP contribution in [0.25, 0.3) is 0 Å². The monoisotopic (exact) mass is 286 g/mol. The van der Waals surface area contributed by atoms with Gasteiger partial charge in [0.05, 0.1) is 5.56 Å². The molecule has 1 aromatic carbocycles. The van der Waals surface area contributed by atoms with Crippen molar-refractivity contribution in [3.8, 4) is 5.75 Å². The molecule has 0 saturated carbocycles. The fraction of sp³-hybridized carbons (Fsp3) is 0.133. The predicted molar refractivity (Wildman–Crippen MR) is 75.1 cm³/mol. The molecule has 0 atom stereocenters. The van der Waals surface area contributed by atoms with Crippen molar-refractivity contribution in [2.24, 2.45) is 0 Å². The fourth-order valence-electron chi connectivity index (χ4n) is 1.84. The van der Waals surface area contributed by atoms with Gasteiger partial charge in [-0.05, 0) is 29.8 Å². The van der Waals surface area contributed by atoms with Crippen LogP contribution in [0, 0.1) is 0 Å². The molecule has 1 aromatic heterocycles. The van der Waals surface area contributed by atoms with Crippen molar-refractivity contribution >= 4 is 11.9 Å². The number of aromatic hydroxyl groups is 1. The van der Waals surface area contributed by atoms with E-state index in [2.05, 4.69) is 4.98 Å². The third kappa shape index (κ3) is 3.36. The first-order valence-corrected chi connectivity index (χ1v) is 6.20. The molecule has 2 rings (SSSR count). The van der Waals surface area contributed by atoms with E-state index in [-0.39, 0.29) is 23.6 Å². The van der Waals surface area contributed by atoms with E-state index in [0.29, 0.717) is 0 Å². The third-order valence-corrected chi connectivity index (χ3v) is 2.96. The van der Waals surface area contributed by atoms with Gasteiger partial charge >= 0.3 is 5.97 Å². The molecule has 0 unspecified atom stereocenters. The Morgan fingerprint density at radius 3 is 2.43 bits per heavy atom. The van der Waals surface area contributed by atoms with Crippen LogP contribution >= 0.6 is 0 Å². The number of aromatic nitrogens is 1. The van der Waals surface area contributed by atoms with Gasteiger partial charge < -0.3 is 15.1 Å². The van der Waals surface area contributed by atoms with Crippen molar-refractivity contribution in [1.82, 2.24) is 9.88 Å². The molecule has 0 aliphatic carbocycles. The molecule has 0 aliphatic heterocycles. The number of carboxylic acid groups (broad SMARTS) is 1. The Labute approximate surface area is 121 Å². The molecule has 0 fully saturated rings. The summed E-state index contributed by atoms with van der Waals surface area (Å²) in [5.74, 6) is -1.57. The van der Waals surface area contributed by atoms with E-state index in [1.165, 1.54) is 35.4 Å². The van der Waals surface area contributed by atoms with Crippen molar-refractivity contribution < 1.29 is 19.8 Å². The Morgan fingerprint density at radius 2 is 1.86 bits per heavy atom. The topological polar surface area (TPSA) is 90.7 Å². The minimum absolute atomic E-state index is 0.0119. The molecule has 6 heteroatoms. The summed E-state index contributed by atoms with van der Waals surface area (Å²) in [6, 6.07) is 9.19. The third-order valence-electron chi connectivity index (χ3n) is 2.96. The van der Waals surface area contributed by atoms with Gasteiger partial charge in [0.2, 0.25) is 0 Å². The second-order valence-electron chi connectivity index (χ2n) is 4.53. The number of pyridine rings is 1. The summed E-state index contributed by atoms with van der Waals surface area (Å²) in [7, 11) is 1.58. The van der Waals surface area contributed by atoms with E-state index in [0.717, 1.165) is 5.56 Å². The van der Waals surface area contributed by atoms with E-state index >= 15 is 0 Å². The van der Waals surface area contributed by atoms with Crippen molar-refractivity contribution in [3.63, 3.8) is 0 Å². The quantitative estimate of drug-likeness (QED) is 0.893. The van der Waals surface area contributed by atoms with Gasteiger partial charge in [0.25, 0.3) is 5.91 Å². The zero-order valence-electron chi connectivity index (χ0n) is 11.4. The highest BCUT2D eigenvalue weighted by Crippen LogP contribution is 2.16. The second kappa shape index (κ2) is 6.04. The van der Waals surface area contributed by atoms with Gasteiger partial charge in [0.1, 0.15) is 5.75 Å². The Bertz CT molecular complexity index is 668. The number of carbonyl (C=O) groups is 2. The second-order valence-corrected chi connectivity index (χ2v) is 4.53. The molecule has 1 heterocycles. The van der Waals surface area contributed by atoms with Crippen LogP contribution in [0.5, 0.6) is 5.75 Å². The zero-order valence-corrected chi connectivity index (χ0v) is 11.4. The smallest absolute Gasteiger partial charge is 0.335 e. The van der Waals surface area contributed by atoms with Gasteiger partial charge in [-0.3, -0.25) is 4.79 Å². The molecule has 2 aromatic rings. The van der Waals surface area contributed by atoms with Crippen molar-refractivity contribution in [2.45, 2.75) is 6.54 Å². The Balaban J connectivity index is 2.10. The van der Waals surface area contributed by atoms with E-state index in [9.17, 15) is 14.7 Å². The highest BCUT2D eigenvalue weighted by atomic mass is 16.4. The SMILES string of the molecule is CN(Cc1ccc(C(=O)O)cc1)C(=O)c1ncccc1O. The van der Waals surface area contributed by atoms with Crippen molar-refractivity contribution in [3.05, 3.63) is 59.4 Å². The molecule has 0 bridgehead atoms. The number of carboxylic acids is 1. The number of aromatic carboxylic acids is 1. The van der Waals surface area contributed by atoms with Gasteiger partial charge in [0, 0.05) is 19.8 Å². The maximum Gasteiger partial charge on any atom is 0.335 e. The maximum absolute atomic E-state index is 12.2. The molecule has 6 nitrogen and oxygen atoms in total. The molecule has 2 N–H and O–H groups in total. The summed E-state index contributed by atoms with van der Waals surface area (Å²) in [5.41, 5.74) is 0.962. The molecule has 0 radical (unpaired) electrons. The summed E-state index contributed by atoms with van der Waals surface area (Å²) < 4.78 is 0. The Hall–Kier alpha value is -2.89. The van der Waals surface area contributed by atoms with Gasteiger partial charge in [-0.15, -0.1) is 0 Å². The number of hydrogen-bond donors (Lipinski definition) is 2. The zero-order chi connectivity index (χ0) is 15.4. The highest BCUT2D eigenvalue weighted by Gasteiger charge is 2.17. The van der Waals surface area contributed by atoms with E-state index < -0.39 is 11.9 Å². The first-order valence-electron chi connectivity index (χ1n) is 6.20. The van der Waals surface area contributed by atoms with Crippen LogP contribution in [0.2, 0.25) is 0 Å². The normalized spacial score (nSPS) is 10.1. The number of benzene rings is 1. The molecule has 1 amide bonds. The van der Waals surface area contributed by atoms with Crippen LogP contribution < -0.4 is 0 Å². The maximum atomic E-state index is 12.2. The summed E-state index contributed by atoms with van der Waals surface area (Å²) in [5, 5.41) is 18.4. The van der Waals surface area contributed by atoms with Crippen LogP contribution in [-0.2, 0) is 6.54 Å². The molecule has 0 saturated heterocycles. The van der Waals surface area contributed by atoms with Crippen LogP contribution in [-0.4, -0.2) is 39.0 Å². The Kier molecular flexibility index (Phi) is 4.18. The average Bonchev–Trinajstić information content (AvgIpc) is 2.47. The molecular formula is C15H14N2O4. The molecule has 21 heavy (non-hydrogen) atoms. The highest BCUT2D eigenvalue weighted by molar-refractivity contribution is 5.94. The van der Waals surface area contributed by atoms with Crippen molar-refractivity contribution in [2.75, 3.05) is 7.05 Å². The van der Waals surface area contributed by atoms with Crippen LogP contribution in [0.1, 0.15) is 26.4 Å². The lowest BCUT2D eigenvalue weighted by Gasteiger charge is -2.17. The largest absolute Gasteiger partial charge is 0.505 e. The lowest BCUT2D eigenvalue weighted by Crippen LogP contribution is -2.27. The standard InChI is InChI=1S/C15H14N2O4/c1-17(14(19)13-12(18)3-2-8-16-13)9-10-4-6-11(7-5-10)15(20)21/h2-8,18H,9H2,1H3,(H,20,21). The number of carbonyl (C=O) groups excluding carboxylic acids is 1. The van der Waals surface area contributed by atoms with E-state index in [1.807, 2.05) is 0 Å². The molecule has 0 spiro atoms. The molecule has 108 valence electrons. The van der Waals surface area contributed by atoms with E-state index in [1.54, 1.807) is 19.2 Å². The van der Waals surface area contributed by atoms with Gasteiger partial charge in [-0.25, -0.2) is 9.78 Å². The number of nitrogens with zero attached hydrogens (tertiary/aromatic N) is 2. The number of rotatable bonds is 4. The summed E-state index contributed by atoms with van der Waals surface area (Å²) in [6.45, 7) is 0.286. The van der Waals surface area contributed by atoms with E-state index in [4.69, 9.17) is 5.11 Å². The van der Waals surface area contributed by atoms with Crippen LogP contribution in [0.15, 0.2) is 42.6 Å². The Morgan fingerprint density at radius 1 is 1.19 bits per heavy atom. The molecule has 0 aliphatic rings.